The molecule has 7 heteroatoms. The molecule has 0 spiro atoms. The number of thiophene rings is 1. The second kappa shape index (κ2) is 6.86. The quantitative estimate of drug-likeness (QED) is 0.923. The van der Waals surface area contributed by atoms with Crippen LogP contribution >= 0.6 is 11.3 Å². The molecule has 2 saturated heterocycles. The summed E-state index contributed by atoms with van der Waals surface area (Å²) >= 11 is 1.64. The molecule has 2 aromatic rings. The molecular weight excluding hydrogens is 322 g/mol. The third kappa shape index (κ3) is 3.14. The van der Waals surface area contributed by atoms with E-state index < -0.39 is 0 Å². The Morgan fingerprint density at radius 1 is 1.17 bits per heavy atom. The van der Waals surface area contributed by atoms with Gasteiger partial charge in [-0.15, -0.1) is 11.3 Å². The van der Waals surface area contributed by atoms with Gasteiger partial charge in [0.25, 0.3) is 5.91 Å². The van der Waals surface area contributed by atoms with Crippen LogP contribution in [0.5, 0.6) is 0 Å². The molecule has 4 rings (SSSR count). The molecule has 2 aliphatic heterocycles. The SMILES string of the molecule is O=C(c1ccc([C@@H]2CCCN2)s1)N1CCN(c2ncccn2)CC1. The van der Waals surface area contributed by atoms with Gasteiger partial charge in [-0.3, -0.25) is 4.79 Å². The summed E-state index contributed by atoms with van der Waals surface area (Å²) in [6, 6.07) is 6.34. The van der Waals surface area contributed by atoms with Gasteiger partial charge in [-0.1, -0.05) is 0 Å². The summed E-state index contributed by atoms with van der Waals surface area (Å²) < 4.78 is 0. The van der Waals surface area contributed by atoms with E-state index in [1.165, 1.54) is 17.7 Å². The Bertz CT molecular complexity index is 690. The van der Waals surface area contributed by atoms with E-state index in [1.54, 1.807) is 23.7 Å². The smallest absolute Gasteiger partial charge is 0.264 e. The van der Waals surface area contributed by atoms with E-state index in [-0.39, 0.29) is 5.91 Å². The van der Waals surface area contributed by atoms with Crippen molar-refractivity contribution in [3.05, 3.63) is 40.3 Å². The highest BCUT2D eigenvalue weighted by molar-refractivity contribution is 7.14. The minimum Gasteiger partial charge on any atom is -0.337 e. The molecule has 4 heterocycles. The average Bonchev–Trinajstić information content (AvgIpc) is 3.33. The first-order chi connectivity index (χ1) is 11.8. The van der Waals surface area contributed by atoms with Crippen molar-refractivity contribution < 1.29 is 4.79 Å². The second-order valence-electron chi connectivity index (χ2n) is 6.18. The van der Waals surface area contributed by atoms with Crippen molar-refractivity contribution in [2.45, 2.75) is 18.9 Å². The molecule has 126 valence electrons. The highest BCUT2D eigenvalue weighted by Gasteiger charge is 2.25. The maximum absolute atomic E-state index is 12.7. The molecular formula is C17H21N5OS. The van der Waals surface area contributed by atoms with Gasteiger partial charge in [0.2, 0.25) is 5.95 Å². The van der Waals surface area contributed by atoms with E-state index in [1.807, 2.05) is 17.0 Å². The third-order valence-corrected chi connectivity index (χ3v) is 5.83. The van der Waals surface area contributed by atoms with Crippen LogP contribution in [0.2, 0.25) is 0 Å². The molecule has 0 unspecified atom stereocenters. The predicted octanol–water partition coefficient (Wildman–Crippen LogP) is 1.93. The van der Waals surface area contributed by atoms with Gasteiger partial charge in [-0.25, -0.2) is 9.97 Å². The Morgan fingerprint density at radius 3 is 2.67 bits per heavy atom. The first-order valence-corrected chi connectivity index (χ1v) is 9.27. The van der Waals surface area contributed by atoms with Crippen molar-refractivity contribution in [3.8, 4) is 0 Å². The van der Waals surface area contributed by atoms with Crippen LogP contribution in [0.1, 0.15) is 33.4 Å². The zero-order valence-corrected chi connectivity index (χ0v) is 14.3. The lowest BCUT2D eigenvalue weighted by Crippen LogP contribution is -2.49. The number of rotatable bonds is 3. The summed E-state index contributed by atoms with van der Waals surface area (Å²) in [5.74, 6) is 0.896. The molecule has 1 amide bonds. The van der Waals surface area contributed by atoms with Gasteiger partial charge in [-0.2, -0.15) is 0 Å². The van der Waals surface area contributed by atoms with Crippen molar-refractivity contribution in [1.29, 1.82) is 0 Å². The van der Waals surface area contributed by atoms with Crippen LogP contribution in [0.4, 0.5) is 5.95 Å². The monoisotopic (exact) mass is 343 g/mol. The Kier molecular flexibility index (Phi) is 4.44. The summed E-state index contributed by atoms with van der Waals surface area (Å²) in [4.78, 5) is 27.5. The van der Waals surface area contributed by atoms with Gasteiger partial charge >= 0.3 is 0 Å². The van der Waals surface area contributed by atoms with E-state index in [9.17, 15) is 4.79 Å². The number of carbonyl (C=O) groups excluding carboxylic acids is 1. The molecule has 2 fully saturated rings. The molecule has 2 aliphatic rings. The number of carbonyl (C=O) groups is 1. The van der Waals surface area contributed by atoms with E-state index in [2.05, 4.69) is 26.3 Å². The minimum atomic E-state index is 0.151. The topological polar surface area (TPSA) is 61.4 Å². The lowest BCUT2D eigenvalue weighted by molar-refractivity contribution is 0.0751. The van der Waals surface area contributed by atoms with Crippen LogP contribution in [0.15, 0.2) is 30.6 Å². The predicted molar refractivity (Wildman–Crippen MR) is 94.4 cm³/mol. The van der Waals surface area contributed by atoms with Gasteiger partial charge in [0.1, 0.15) is 0 Å². The average molecular weight is 343 g/mol. The number of anilines is 1. The number of aromatic nitrogens is 2. The Morgan fingerprint density at radius 2 is 1.96 bits per heavy atom. The van der Waals surface area contributed by atoms with Crippen LogP contribution in [-0.2, 0) is 0 Å². The van der Waals surface area contributed by atoms with Crippen molar-refractivity contribution in [2.24, 2.45) is 0 Å². The maximum Gasteiger partial charge on any atom is 0.264 e. The van der Waals surface area contributed by atoms with Gasteiger partial charge in [0.15, 0.2) is 0 Å². The highest BCUT2D eigenvalue weighted by atomic mass is 32.1. The zero-order valence-electron chi connectivity index (χ0n) is 13.5. The van der Waals surface area contributed by atoms with E-state index in [4.69, 9.17) is 0 Å². The van der Waals surface area contributed by atoms with Crippen molar-refractivity contribution >= 4 is 23.2 Å². The van der Waals surface area contributed by atoms with Gasteiger partial charge < -0.3 is 15.1 Å². The molecule has 0 aromatic carbocycles. The molecule has 0 saturated carbocycles. The largest absolute Gasteiger partial charge is 0.337 e. The fourth-order valence-corrected chi connectivity index (χ4v) is 4.39. The Labute approximate surface area is 145 Å². The van der Waals surface area contributed by atoms with Crippen molar-refractivity contribution in [2.75, 3.05) is 37.6 Å². The number of hydrogen-bond acceptors (Lipinski definition) is 6. The number of piperazine rings is 1. The number of hydrogen-bond donors (Lipinski definition) is 1. The van der Waals surface area contributed by atoms with Crippen LogP contribution < -0.4 is 10.2 Å². The zero-order chi connectivity index (χ0) is 16.4. The fraction of sp³-hybridized carbons (Fsp3) is 0.471. The van der Waals surface area contributed by atoms with Gasteiger partial charge in [-0.05, 0) is 37.6 Å². The number of nitrogens with one attached hydrogen (secondary N) is 1. The third-order valence-electron chi connectivity index (χ3n) is 4.64. The Hall–Kier alpha value is -1.99. The normalized spacial score (nSPS) is 21.2. The summed E-state index contributed by atoms with van der Waals surface area (Å²) in [7, 11) is 0. The second-order valence-corrected chi connectivity index (χ2v) is 7.29. The summed E-state index contributed by atoms with van der Waals surface area (Å²) in [5, 5.41) is 3.49. The van der Waals surface area contributed by atoms with Gasteiger partial charge in [0.05, 0.1) is 4.88 Å². The summed E-state index contributed by atoms with van der Waals surface area (Å²) in [5.41, 5.74) is 0. The van der Waals surface area contributed by atoms with Crippen LogP contribution in [0.3, 0.4) is 0 Å². The molecule has 0 bridgehead atoms. The molecule has 24 heavy (non-hydrogen) atoms. The molecule has 2 aromatic heterocycles. The molecule has 6 nitrogen and oxygen atoms in total. The summed E-state index contributed by atoms with van der Waals surface area (Å²) in [6.45, 7) is 4.06. The highest BCUT2D eigenvalue weighted by Crippen LogP contribution is 2.30. The molecule has 1 atom stereocenters. The van der Waals surface area contributed by atoms with Crippen molar-refractivity contribution in [1.82, 2.24) is 20.2 Å². The number of nitrogens with zero attached hydrogens (tertiary/aromatic N) is 4. The van der Waals surface area contributed by atoms with E-state index in [0.717, 1.165) is 30.5 Å². The van der Waals surface area contributed by atoms with Crippen LogP contribution in [-0.4, -0.2) is 53.5 Å². The minimum absolute atomic E-state index is 0.151. The molecule has 1 N–H and O–H groups in total. The maximum atomic E-state index is 12.7. The lowest BCUT2D eigenvalue weighted by Gasteiger charge is -2.34. The standard InChI is InChI=1S/C17H21N5OS/c23-16(15-5-4-14(24-15)13-3-1-6-18-13)21-9-11-22(12-10-21)17-19-7-2-8-20-17/h2,4-5,7-8,13,18H,1,3,6,9-12H2/t13-/m0/s1. The molecule has 0 radical (unpaired) electrons. The number of amides is 1. The fourth-order valence-electron chi connectivity index (χ4n) is 3.30. The van der Waals surface area contributed by atoms with Gasteiger partial charge in [0, 0.05) is 49.5 Å². The van der Waals surface area contributed by atoms with E-state index in [0.29, 0.717) is 19.1 Å². The van der Waals surface area contributed by atoms with Crippen molar-refractivity contribution in [3.63, 3.8) is 0 Å². The van der Waals surface area contributed by atoms with Crippen LogP contribution in [0, 0.1) is 0 Å². The lowest BCUT2D eigenvalue weighted by atomic mass is 10.2. The van der Waals surface area contributed by atoms with E-state index >= 15 is 0 Å². The molecule has 0 aliphatic carbocycles. The summed E-state index contributed by atoms with van der Waals surface area (Å²) in [6.07, 6.45) is 5.90. The first-order valence-electron chi connectivity index (χ1n) is 8.45. The van der Waals surface area contributed by atoms with Crippen LogP contribution in [0.25, 0.3) is 0 Å². The Balaban J connectivity index is 1.38. The first kappa shape index (κ1) is 15.5.